The Hall–Kier alpha value is -1.26. The van der Waals surface area contributed by atoms with Gasteiger partial charge in [-0.05, 0) is 32.9 Å². The minimum absolute atomic E-state index is 0.0293. The van der Waals surface area contributed by atoms with E-state index in [0.29, 0.717) is 23.8 Å². The van der Waals surface area contributed by atoms with Gasteiger partial charge < -0.3 is 14.7 Å². The summed E-state index contributed by atoms with van der Waals surface area (Å²) < 4.78 is 5.83. The van der Waals surface area contributed by atoms with Crippen molar-refractivity contribution in [2.24, 2.45) is 0 Å². The molecule has 0 spiro atoms. The number of para-hydroxylation sites is 1. The predicted molar refractivity (Wildman–Crippen MR) is 75.3 cm³/mol. The normalized spacial score (nSPS) is 22.3. The Morgan fingerprint density at radius 1 is 1.53 bits per heavy atom. The van der Waals surface area contributed by atoms with Gasteiger partial charge in [0, 0.05) is 13.1 Å². The summed E-state index contributed by atoms with van der Waals surface area (Å²) in [5.74, 6) is -0.963. The van der Waals surface area contributed by atoms with Gasteiger partial charge in [-0.1, -0.05) is 17.7 Å². The number of anilines is 1. The van der Waals surface area contributed by atoms with E-state index in [9.17, 15) is 9.90 Å². The van der Waals surface area contributed by atoms with Crippen LogP contribution in [-0.2, 0) is 4.74 Å². The van der Waals surface area contributed by atoms with E-state index >= 15 is 0 Å². The van der Waals surface area contributed by atoms with Gasteiger partial charge in [-0.2, -0.15) is 0 Å². The second-order valence-corrected chi connectivity index (χ2v) is 5.92. The van der Waals surface area contributed by atoms with Crippen molar-refractivity contribution in [3.05, 3.63) is 28.8 Å². The summed E-state index contributed by atoms with van der Waals surface area (Å²) in [4.78, 5) is 13.3. The number of benzene rings is 1. The minimum Gasteiger partial charge on any atom is -0.478 e. The number of hydrogen-bond donors (Lipinski definition) is 1. The molecular formula is C14H18ClNO3. The van der Waals surface area contributed by atoms with E-state index in [4.69, 9.17) is 16.3 Å². The van der Waals surface area contributed by atoms with Crippen molar-refractivity contribution in [3.8, 4) is 0 Å². The van der Waals surface area contributed by atoms with E-state index in [1.807, 2.05) is 25.7 Å². The number of ether oxygens (including phenoxy) is 1. The topological polar surface area (TPSA) is 49.8 Å². The summed E-state index contributed by atoms with van der Waals surface area (Å²) in [7, 11) is 0. The molecule has 1 aromatic rings. The molecular weight excluding hydrogens is 266 g/mol. The Balaban J connectivity index is 2.43. The van der Waals surface area contributed by atoms with Crippen LogP contribution in [0.3, 0.4) is 0 Å². The van der Waals surface area contributed by atoms with Gasteiger partial charge in [0.25, 0.3) is 0 Å². The van der Waals surface area contributed by atoms with Gasteiger partial charge in [-0.3, -0.25) is 0 Å². The number of halogens is 1. The molecule has 0 amide bonds. The highest BCUT2D eigenvalue weighted by Crippen LogP contribution is 2.34. The predicted octanol–water partition coefficient (Wildman–Crippen LogP) is 3.04. The van der Waals surface area contributed by atoms with Crippen molar-refractivity contribution < 1.29 is 14.6 Å². The summed E-state index contributed by atoms with van der Waals surface area (Å²) in [5, 5.41) is 9.76. The first-order valence-electron chi connectivity index (χ1n) is 6.25. The molecule has 1 aliphatic rings. The Morgan fingerprint density at radius 2 is 2.21 bits per heavy atom. The Bertz CT molecular complexity index is 501. The summed E-state index contributed by atoms with van der Waals surface area (Å²) in [6, 6.07) is 4.96. The van der Waals surface area contributed by atoms with Crippen molar-refractivity contribution in [2.75, 3.05) is 18.0 Å². The van der Waals surface area contributed by atoms with Crippen LogP contribution in [0.15, 0.2) is 18.2 Å². The second kappa shape index (κ2) is 5.02. The molecule has 19 heavy (non-hydrogen) atoms. The van der Waals surface area contributed by atoms with Gasteiger partial charge in [0.15, 0.2) is 0 Å². The fourth-order valence-corrected chi connectivity index (χ4v) is 2.93. The van der Waals surface area contributed by atoms with E-state index in [1.165, 1.54) is 0 Å². The molecule has 1 saturated heterocycles. The number of carbonyl (C=O) groups is 1. The zero-order chi connectivity index (χ0) is 14.2. The molecule has 104 valence electrons. The SMILES string of the molecule is CC1CN(c2c(Cl)cccc2C(=O)O)CC(C)(C)O1. The maximum Gasteiger partial charge on any atom is 0.337 e. The molecule has 5 heteroatoms. The van der Waals surface area contributed by atoms with Crippen molar-refractivity contribution in [3.63, 3.8) is 0 Å². The van der Waals surface area contributed by atoms with E-state index in [0.717, 1.165) is 0 Å². The third-order valence-corrected chi connectivity index (χ3v) is 3.41. The molecule has 1 atom stereocenters. The third kappa shape index (κ3) is 3.01. The lowest BCUT2D eigenvalue weighted by atomic mass is 10.0. The molecule has 1 aromatic carbocycles. The number of aromatic carboxylic acids is 1. The van der Waals surface area contributed by atoms with E-state index in [2.05, 4.69) is 0 Å². The highest BCUT2D eigenvalue weighted by atomic mass is 35.5. The first-order valence-corrected chi connectivity index (χ1v) is 6.62. The molecule has 0 bridgehead atoms. The van der Waals surface area contributed by atoms with Crippen molar-refractivity contribution in [2.45, 2.75) is 32.5 Å². The maximum absolute atomic E-state index is 11.3. The quantitative estimate of drug-likeness (QED) is 0.906. The number of morpholine rings is 1. The van der Waals surface area contributed by atoms with E-state index in [1.54, 1.807) is 18.2 Å². The molecule has 1 heterocycles. The monoisotopic (exact) mass is 283 g/mol. The van der Waals surface area contributed by atoms with E-state index < -0.39 is 5.97 Å². The number of carboxylic acid groups (broad SMARTS) is 1. The van der Waals surface area contributed by atoms with Gasteiger partial charge in [0.2, 0.25) is 0 Å². The molecule has 0 aromatic heterocycles. The van der Waals surface area contributed by atoms with Crippen LogP contribution in [0.1, 0.15) is 31.1 Å². The number of rotatable bonds is 2. The lowest BCUT2D eigenvalue weighted by Gasteiger charge is -2.43. The fourth-order valence-electron chi connectivity index (χ4n) is 2.63. The fraction of sp³-hybridized carbons (Fsp3) is 0.500. The van der Waals surface area contributed by atoms with Gasteiger partial charge in [0.1, 0.15) is 0 Å². The molecule has 1 aliphatic heterocycles. The molecule has 0 aliphatic carbocycles. The number of carboxylic acids is 1. The Labute approximate surface area is 117 Å². The van der Waals surface area contributed by atoms with Gasteiger partial charge in [-0.25, -0.2) is 4.79 Å². The summed E-state index contributed by atoms with van der Waals surface area (Å²) in [5.41, 5.74) is 0.490. The highest BCUT2D eigenvalue weighted by molar-refractivity contribution is 6.34. The molecule has 1 unspecified atom stereocenters. The lowest BCUT2D eigenvalue weighted by molar-refractivity contribution is -0.0750. The van der Waals surface area contributed by atoms with Crippen LogP contribution in [0.25, 0.3) is 0 Å². The molecule has 1 fully saturated rings. The number of nitrogens with zero attached hydrogens (tertiary/aromatic N) is 1. The summed E-state index contributed by atoms with van der Waals surface area (Å²) in [6.45, 7) is 7.21. The second-order valence-electron chi connectivity index (χ2n) is 5.51. The van der Waals surface area contributed by atoms with Crippen LogP contribution in [0.2, 0.25) is 5.02 Å². The minimum atomic E-state index is -0.963. The zero-order valence-electron chi connectivity index (χ0n) is 11.3. The van der Waals surface area contributed by atoms with Crippen LogP contribution in [0, 0.1) is 0 Å². The first kappa shape index (κ1) is 14.2. The summed E-state index contributed by atoms with van der Waals surface area (Å²) in [6.07, 6.45) is 0.0293. The number of hydrogen-bond acceptors (Lipinski definition) is 3. The van der Waals surface area contributed by atoms with E-state index in [-0.39, 0.29) is 17.3 Å². The zero-order valence-corrected chi connectivity index (χ0v) is 12.1. The third-order valence-electron chi connectivity index (χ3n) is 3.10. The average molecular weight is 284 g/mol. The Morgan fingerprint density at radius 3 is 2.79 bits per heavy atom. The smallest absolute Gasteiger partial charge is 0.337 e. The van der Waals surface area contributed by atoms with Gasteiger partial charge >= 0.3 is 5.97 Å². The van der Waals surface area contributed by atoms with Crippen molar-refractivity contribution in [1.82, 2.24) is 0 Å². The lowest BCUT2D eigenvalue weighted by Crippen LogP contribution is -2.52. The summed E-state index contributed by atoms with van der Waals surface area (Å²) >= 11 is 6.20. The van der Waals surface area contributed by atoms with Crippen LogP contribution in [-0.4, -0.2) is 35.9 Å². The van der Waals surface area contributed by atoms with Crippen molar-refractivity contribution in [1.29, 1.82) is 0 Å². The molecule has 1 N–H and O–H groups in total. The molecule has 2 rings (SSSR count). The first-order chi connectivity index (χ1) is 8.80. The van der Waals surface area contributed by atoms with Gasteiger partial charge in [-0.15, -0.1) is 0 Å². The van der Waals surface area contributed by atoms with Gasteiger partial charge in [0.05, 0.1) is 28.0 Å². The standard InChI is InChI=1S/C14H18ClNO3/c1-9-7-16(8-14(2,3)19-9)12-10(13(17)18)5-4-6-11(12)15/h4-6,9H,7-8H2,1-3H3,(H,17,18). The van der Waals surface area contributed by atoms with Crippen LogP contribution >= 0.6 is 11.6 Å². The molecule has 0 radical (unpaired) electrons. The Kier molecular flexibility index (Phi) is 3.74. The van der Waals surface area contributed by atoms with Crippen LogP contribution < -0.4 is 4.90 Å². The molecule has 4 nitrogen and oxygen atoms in total. The molecule has 0 saturated carbocycles. The average Bonchev–Trinajstić information content (AvgIpc) is 2.25. The largest absolute Gasteiger partial charge is 0.478 e. The highest BCUT2D eigenvalue weighted by Gasteiger charge is 2.33. The maximum atomic E-state index is 11.3. The van der Waals surface area contributed by atoms with Crippen LogP contribution in [0.5, 0.6) is 0 Å². The van der Waals surface area contributed by atoms with Crippen LogP contribution in [0.4, 0.5) is 5.69 Å². The van der Waals surface area contributed by atoms with Crippen molar-refractivity contribution >= 4 is 23.3 Å².